The minimum absolute atomic E-state index is 0.0789. The SMILES string of the molecule is COC(=O)c1cc(Br)c(=O)n(CC(=O)[O-])c1. The van der Waals surface area contributed by atoms with E-state index in [1.807, 2.05) is 0 Å². The van der Waals surface area contributed by atoms with Crippen LogP contribution in [0.3, 0.4) is 0 Å². The zero-order valence-corrected chi connectivity index (χ0v) is 9.81. The van der Waals surface area contributed by atoms with E-state index in [4.69, 9.17) is 0 Å². The average Bonchev–Trinajstić information content (AvgIpc) is 2.22. The summed E-state index contributed by atoms with van der Waals surface area (Å²) >= 11 is 2.93. The van der Waals surface area contributed by atoms with Crippen molar-refractivity contribution in [2.24, 2.45) is 0 Å². The quantitative estimate of drug-likeness (QED) is 0.676. The number of carbonyl (C=O) groups is 2. The smallest absolute Gasteiger partial charge is 0.339 e. The number of ether oxygens (including phenoxy) is 1. The molecule has 0 saturated carbocycles. The number of pyridine rings is 1. The topological polar surface area (TPSA) is 88.4 Å². The molecule has 0 spiro atoms. The lowest BCUT2D eigenvalue weighted by Crippen LogP contribution is -2.33. The van der Waals surface area contributed by atoms with Crippen LogP contribution in [0, 0.1) is 0 Å². The fraction of sp³-hybridized carbons (Fsp3) is 0.222. The van der Waals surface area contributed by atoms with Crippen LogP contribution in [0.2, 0.25) is 0 Å². The molecule has 1 rings (SSSR count). The number of carboxylic acid groups (broad SMARTS) is 1. The summed E-state index contributed by atoms with van der Waals surface area (Å²) in [7, 11) is 1.18. The highest BCUT2D eigenvalue weighted by molar-refractivity contribution is 9.10. The number of carboxylic acids is 1. The van der Waals surface area contributed by atoms with Crippen molar-refractivity contribution in [1.82, 2.24) is 4.57 Å². The molecule has 16 heavy (non-hydrogen) atoms. The van der Waals surface area contributed by atoms with Gasteiger partial charge in [-0.15, -0.1) is 0 Å². The highest BCUT2D eigenvalue weighted by Gasteiger charge is 2.10. The van der Waals surface area contributed by atoms with E-state index in [-0.39, 0.29) is 10.0 Å². The Morgan fingerprint density at radius 1 is 1.56 bits per heavy atom. The highest BCUT2D eigenvalue weighted by atomic mass is 79.9. The summed E-state index contributed by atoms with van der Waals surface area (Å²) in [6.07, 6.45) is 1.11. The number of carbonyl (C=O) groups excluding carboxylic acids is 2. The Morgan fingerprint density at radius 2 is 2.19 bits per heavy atom. The zero-order chi connectivity index (χ0) is 12.3. The number of hydrogen-bond donors (Lipinski definition) is 0. The van der Waals surface area contributed by atoms with E-state index >= 15 is 0 Å². The van der Waals surface area contributed by atoms with E-state index < -0.39 is 24.0 Å². The molecule has 0 aromatic carbocycles. The number of aliphatic carboxylic acids is 1. The largest absolute Gasteiger partial charge is 0.548 e. The summed E-state index contributed by atoms with van der Waals surface area (Å²) in [5.41, 5.74) is -0.480. The molecule has 0 aliphatic rings. The number of halogens is 1. The fourth-order valence-corrected chi connectivity index (χ4v) is 1.56. The van der Waals surface area contributed by atoms with Gasteiger partial charge < -0.3 is 19.2 Å². The van der Waals surface area contributed by atoms with E-state index in [0.29, 0.717) is 0 Å². The Hall–Kier alpha value is -1.63. The number of aromatic nitrogens is 1. The Balaban J connectivity index is 3.27. The van der Waals surface area contributed by atoms with Crippen LogP contribution in [0.15, 0.2) is 21.5 Å². The van der Waals surface area contributed by atoms with Crippen molar-refractivity contribution < 1.29 is 19.4 Å². The van der Waals surface area contributed by atoms with Gasteiger partial charge in [0.1, 0.15) is 0 Å². The Labute approximate surface area is 98.6 Å². The van der Waals surface area contributed by atoms with Crippen molar-refractivity contribution in [3.8, 4) is 0 Å². The van der Waals surface area contributed by atoms with Gasteiger partial charge in [0.15, 0.2) is 0 Å². The molecule has 0 fully saturated rings. The Morgan fingerprint density at radius 3 is 2.69 bits per heavy atom. The minimum Gasteiger partial charge on any atom is -0.548 e. The van der Waals surface area contributed by atoms with Gasteiger partial charge in [0, 0.05) is 6.20 Å². The molecule has 1 aromatic rings. The van der Waals surface area contributed by atoms with Gasteiger partial charge >= 0.3 is 5.97 Å². The summed E-state index contributed by atoms with van der Waals surface area (Å²) in [6, 6.07) is 1.26. The lowest BCUT2D eigenvalue weighted by Gasteiger charge is -2.08. The van der Waals surface area contributed by atoms with Gasteiger partial charge in [-0.1, -0.05) is 0 Å². The van der Waals surface area contributed by atoms with Crippen LogP contribution >= 0.6 is 15.9 Å². The molecule has 0 radical (unpaired) electrons. The van der Waals surface area contributed by atoms with E-state index in [1.54, 1.807) is 0 Å². The number of nitrogens with zero attached hydrogens (tertiary/aromatic N) is 1. The molecule has 0 N–H and O–H groups in total. The van der Waals surface area contributed by atoms with Crippen LogP contribution in [0.25, 0.3) is 0 Å². The molecule has 0 aliphatic carbocycles. The number of methoxy groups -OCH3 is 1. The molecule has 0 amide bonds. The van der Waals surface area contributed by atoms with Crippen LogP contribution in [-0.4, -0.2) is 23.6 Å². The van der Waals surface area contributed by atoms with Gasteiger partial charge in [-0.25, -0.2) is 4.79 Å². The molecule has 0 aliphatic heterocycles. The molecule has 86 valence electrons. The lowest BCUT2D eigenvalue weighted by molar-refractivity contribution is -0.306. The standard InChI is InChI=1S/C9H8BrNO5/c1-16-9(15)5-2-6(10)8(14)11(3-5)4-7(12)13/h2-3H,4H2,1H3,(H,12,13)/p-1. The summed E-state index contributed by atoms with van der Waals surface area (Å²) in [4.78, 5) is 33.0. The first-order valence-electron chi connectivity index (χ1n) is 4.14. The summed E-state index contributed by atoms with van der Waals surface area (Å²) in [5.74, 6) is -2.08. The van der Waals surface area contributed by atoms with Crippen LogP contribution < -0.4 is 10.7 Å². The van der Waals surface area contributed by atoms with Crippen molar-refractivity contribution in [1.29, 1.82) is 0 Å². The number of esters is 1. The van der Waals surface area contributed by atoms with Crippen LogP contribution in [0.1, 0.15) is 10.4 Å². The van der Waals surface area contributed by atoms with Crippen molar-refractivity contribution >= 4 is 27.9 Å². The maximum absolute atomic E-state index is 11.4. The Bertz CT molecular complexity index is 493. The maximum Gasteiger partial charge on any atom is 0.339 e. The third kappa shape index (κ3) is 2.69. The number of hydrogen-bond acceptors (Lipinski definition) is 5. The van der Waals surface area contributed by atoms with Gasteiger partial charge in [-0.2, -0.15) is 0 Å². The third-order valence-electron chi connectivity index (χ3n) is 1.76. The molecule has 7 heteroatoms. The van der Waals surface area contributed by atoms with Crippen molar-refractivity contribution in [2.75, 3.05) is 7.11 Å². The van der Waals surface area contributed by atoms with Gasteiger partial charge in [0.2, 0.25) is 0 Å². The molecule has 1 heterocycles. The Kier molecular flexibility index (Phi) is 3.83. The van der Waals surface area contributed by atoms with E-state index in [9.17, 15) is 19.5 Å². The second-order valence-electron chi connectivity index (χ2n) is 2.87. The monoisotopic (exact) mass is 288 g/mol. The lowest BCUT2D eigenvalue weighted by atomic mass is 10.3. The highest BCUT2D eigenvalue weighted by Crippen LogP contribution is 2.08. The fourth-order valence-electron chi connectivity index (χ4n) is 1.09. The first-order chi connectivity index (χ1) is 7.45. The first kappa shape index (κ1) is 12.4. The van der Waals surface area contributed by atoms with Gasteiger partial charge in [-0.3, -0.25) is 4.79 Å². The number of rotatable bonds is 3. The predicted octanol–water partition coefficient (Wildman–Crippen LogP) is -0.853. The van der Waals surface area contributed by atoms with Crippen molar-refractivity contribution in [2.45, 2.75) is 6.54 Å². The average molecular weight is 289 g/mol. The molecule has 0 unspecified atom stereocenters. The van der Waals surface area contributed by atoms with E-state index in [1.165, 1.54) is 13.2 Å². The van der Waals surface area contributed by atoms with Gasteiger partial charge in [0.25, 0.3) is 5.56 Å². The summed E-state index contributed by atoms with van der Waals surface area (Å²) in [5, 5.41) is 10.4. The molecule has 0 bridgehead atoms. The molecule has 0 atom stereocenters. The summed E-state index contributed by atoms with van der Waals surface area (Å²) < 4.78 is 5.39. The third-order valence-corrected chi connectivity index (χ3v) is 2.33. The zero-order valence-electron chi connectivity index (χ0n) is 8.23. The first-order valence-corrected chi connectivity index (χ1v) is 4.93. The second-order valence-corrected chi connectivity index (χ2v) is 3.73. The summed E-state index contributed by atoms with van der Waals surface area (Å²) in [6.45, 7) is -0.623. The van der Waals surface area contributed by atoms with E-state index in [2.05, 4.69) is 20.7 Å². The van der Waals surface area contributed by atoms with Crippen LogP contribution in [0.4, 0.5) is 0 Å². The second kappa shape index (κ2) is 4.93. The van der Waals surface area contributed by atoms with E-state index in [0.717, 1.165) is 10.8 Å². The normalized spacial score (nSPS) is 9.88. The predicted molar refractivity (Wildman–Crippen MR) is 54.7 cm³/mol. The van der Waals surface area contributed by atoms with Crippen LogP contribution in [0.5, 0.6) is 0 Å². The molecular formula is C9H7BrNO5-. The van der Waals surface area contributed by atoms with Gasteiger partial charge in [0.05, 0.1) is 29.7 Å². The molecular weight excluding hydrogens is 282 g/mol. The molecule has 6 nitrogen and oxygen atoms in total. The minimum atomic E-state index is -1.42. The van der Waals surface area contributed by atoms with Gasteiger partial charge in [-0.05, 0) is 22.0 Å². The van der Waals surface area contributed by atoms with Crippen LogP contribution in [-0.2, 0) is 16.1 Å². The molecule has 1 aromatic heterocycles. The van der Waals surface area contributed by atoms with Crippen molar-refractivity contribution in [3.05, 3.63) is 32.7 Å². The van der Waals surface area contributed by atoms with Crippen molar-refractivity contribution in [3.63, 3.8) is 0 Å². The maximum atomic E-state index is 11.4. The molecule has 0 saturated heterocycles.